The summed E-state index contributed by atoms with van der Waals surface area (Å²) in [7, 11) is 0. The van der Waals surface area contributed by atoms with Gasteiger partial charge in [-0.2, -0.15) is 0 Å². The molecule has 1 saturated carbocycles. The minimum absolute atomic E-state index is 0.480. The van der Waals surface area contributed by atoms with Crippen LogP contribution in [-0.2, 0) is 0 Å². The minimum atomic E-state index is 0.480. The lowest BCUT2D eigenvalue weighted by molar-refractivity contribution is 0.208. The van der Waals surface area contributed by atoms with E-state index in [4.69, 9.17) is 5.73 Å². The zero-order valence-electron chi connectivity index (χ0n) is 9.63. The molecule has 2 heteroatoms. The van der Waals surface area contributed by atoms with E-state index in [-0.39, 0.29) is 0 Å². The van der Waals surface area contributed by atoms with E-state index in [0.29, 0.717) is 11.5 Å². The standard InChI is InChI=1S/C12H24N2/c1-3-12(2)6-7-14(9-12)11-5-4-10(13)8-11/h10-11H,3-9,13H2,1-2H3. The first-order valence-electron chi connectivity index (χ1n) is 6.12. The molecule has 2 N–H and O–H groups in total. The van der Waals surface area contributed by atoms with Crippen molar-refractivity contribution in [3.63, 3.8) is 0 Å². The molecule has 1 heterocycles. The highest BCUT2D eigenvalue weighted by atomic mass is 15.2. The second-order valence-electron chi connectivity index (χ2n) is 5.61. The highest BCUT2D eigenvalue weighted by Gasteiger charge is 2.37. The fourth-order valence-corrected chi connectivity index (χ4v) is 2.99. The number of likely N-dealkylation sites (tertiary alicyclic amines) is 1. The predicted octanol–water partition coefficient (Wildman–Crippen LogP) is 1.99. The van der Waals surface area contributed by atoms with Crippen LogP contribution in [0.15, 0.2) is 0 Å². The number of hydrogen-bond donors (Lipinski definition) is 1. The maximum absolute atomic E-state index is 5.97. The van der Waals surface area contributed by atoms with Crippen LogP contribution in [0.5, 0.6) is 0 Å². The Kier molecular flexibility index (Phi) is 2.85. The number of nitrogens with zero attached hydrogens (tertiary/aromatic N) is 1. The van der Waals surface area contributed by atoms with E-state index in [1.165, 1.54) is 45.2 Å². The van der Waals surface area contributed by atoms with Crippen LogP contribution in [0.2, 0.25) is 0 Å². The number of nitrogens with two attached hydrogens (primary N) is 1. The Balaban J connectivity index is 1.89. The maximum atomic E-state index is 5.97. The first kappa shape index (κ1) is 10.4. The van der Waals surface area contributed by atoms with Crippen molar-refractivity contribution in [3.05, 3.63) is 0 Å². The molecule has 0 aromatic rings. The summed E-state index contributed by atoms with van der Waals surface area (Å²) in [5.41, 5.74) is 6.56. The number of hydrogen-bond acceptors (Lipinski definition) is 2. The third-order valence-electron chi connectivity index (χ3n) is 4.40. The second kappa shape index (κ2) is 3.82. The van der Waals surface area contributed by atoms with E-state index < -0.39 is 0 Å². The second-order valence-corrected chi connectivity index (χ2v) is 5.61. The Morgan fingerprint density at radius 2 is 2.21 bits per heavy atom. The smallest absolute Gasteiger partial charge is 0.0111 e. The van der Waals surface area contributed by atoms with Crippen molar-refractivity contribution in [2.75, 3.05) is 13.1 Å². The zero-order valence-corrected chi connectivity index (χ0v) is 9.63. The van der Waals surface area contributed by atoms with Crippen LogP contribution < -0.4 is 5.73 Å². The summed E-state index contributed by atoms with van der Waals surface area (Å²) >= 11 is 0. The molecule has 2 rings (SSSR count). The van der Waals surface area contributed by atoms with Crippen LogP contribution in [0, 0.1) is 5.41 Å². The van der Waals surface area contributed by atoms with Crippen molar-refractivity contribution in [2.45, 2.75) is 58.0 Å². The van der Waals surface area contributed by atoms with Crippen LogP contribution in [0.1, 0.15) is 46.0 Å². The lowest BCUT2D eigenvalue weighted by Crippen LogP contribution is -2.34. The van der Waals surface area contributed by atoms with E-state index in [2.05, 4.69) is 18.7 Å². The van der Waals surface area contributed by atoms with Crippen molar-refractivity contribution in [3.8, 4) is 0 Å². The maximum Gasteiger partial charge on any atom is 0.0111 e. The van der Waals surface area contributed by atoms with Gasteiger partial charge < -0.3 is 5.73 Å². The van der Waals surface area contributed by atoms with E-state index in [1.54, 1.807) is 0 Å². The van der Waals surface area contributed by atoms with E-state index in [9.17, 15) is 0 Å². The average molecular weight is 196 g/mol. The van der Waals surface area contributed by atoms with Crippen LogP contribution in [0.25, 0.3) is 0 Å². The molecule has 1 aliphatic heterocycles. The SMILES string of the molecule is CCC1(C)CCN(C2CCC(N)C2)C1. The first-order valence-corrected chi connectivity index (χ1v) is 6.12. The third-order valence-corrected chi connectivity index (χ3v) is 4.40. The summed E-state index contributed by atoms with van der Waals surface area (Å²) in [6.07, 6.45) is 6.52. The van der Waals surface area contributed by atoms with Gasteiger partial charge in [-0.05, 0) is 44.1 Å². The molecular formula is C12H24N2. The molecule has 14 heavy (non-hydrogen) atoms. The summed E-state index contributed by atoms with van der Waals surface area (Å²) in [6.45, 7) is 7.37. The molecule has 2 nitrogen and oxygen atoms in total. The van der Waals surface area contributed by atoms with Crippen molar-refractivity contribution in [1.82, 2.24) is 4.90 Å². The Morgan fingerprint density at radius 1 is 1.43 bits per heavy atom. The number of rotatable bonds is 2. The normalized spacial score (nSPS) is 44.8. The molecule has 3 atom stereocenters. The average Bonchev–Trinajstić information content (AvgIpc) is 2.73. The summed E-state index contributed by atoms with van der Waals surface area (Å²) in [5.74, 6) is 0. The fourth-order valence-electron chi connectivity index (χ4n) is 2.99. The largest absolute Gasteiger partial charge is 0.328 e. The Bertz CT molecular complexity index is 204. The quantitative estimate of drug-likeness (QED) is 0.732. The molecular weight excluding hydrogens is 172 g/mol. The summed E-state index contributed by atoms with van der Waals surface area (Å²) in [5, 5.41) is 0. The summed E-state index contributed by atoms with van der Waals surface area (Å²) in [4.78, 5) is 2.69. The summed E-state index contributed by atoms with van der Waals surface area (Å²) < 4.78 is 0. The van der Waals surface area contributed by atoms with Gasteiger partial charge >= 0.3 is 0 Å². The molecule has 1 saturated heterocycles. The van der Waals surface area contributed by atoms with Crippen molar-refractivity contribution >= 4 is 0 Å². The molecule has 0 bridgehead atoms. The molecule has 0 aromatic heterocycles. The predicted molar refractivity (Wildman–Crippen MR) is 60.2 cm³/mol. The minimum Gasteiger partial charge on any atom is -0.328 e. The highest BCUT2D eigenvalue weighted by Crippen LogP contribution is 2.36. The van der Waals surface area contributed by atoms with Gasteiger partial charge in [-0.1, -0.05) is 13.8 Å². The van der Waals surface area contributed by atoms with Gasteiger partial charge in [0.15, 0.2) is 0 Å². The molecule has 0 spiro atoms. The third kappa shape index (κ3) is 1.96. The molecule has 82 valence electrons. The van der Waals surface area contributed by atoms with Gasteiger partial charge in [0.2, 0.25) is 0 Å². The zero-order chi connectivity index (χ0) is 10.2. The van der Waals surface area contributed by atoms with E-state index in [1.807, 2.05) is 0 Å². The molecule has 2 aliphatic rings. The topological polar surface area (TPSA) is 29.3 Å². The lowest BCUT2D eigenvalue weighted by atomic mass is 9.87. The molecule has 1 aliphatic carbocycles. The van der Waals surface area contributed by atoms with Crippen LogP contribution in [0.4, 0.5) is 0 Å². The van der Waals surface area contributed by atoms with Gasteiger partial charge in [0, 0.05) is 18.6 Å². The van der Waals surface area contributed by atoms with Gasteiger partial charge in [-0.25, -0.2) is 0 Å². The molecule has 3 unspecified atom stereocenters. The Labute approximate surface area is 87.8 Å². The van der Waals surface area contributed by atoms with Crippen molar-refractivity contribution in [1.29, 1.82) is 0 Å². The molecule has 0 aromatic carbocycles. The fraction of sp³-hybridized carbons (Fsp3) is 1.00. The summed E-state index contributed by atoms with van der Waals surface area (Å²) in [6, 6.07) is 1.28. The monoisotopic (exact) mass is 196 g/mol. The van der Waals surface area contributed by atoms with Gasteiger partial charge in [0.05, 0.1) is 0 Å². The highest BCUT2D eigenvalue weighted by molar-refractivity contribution is 4.92. The Hall–Kier alpha value is -0.0800. The molecule has 0 amide bonds. The lowest BCUT2D eigenvalue weighted by Gasteiger charge is -2.27. The van der Waals surface area contributed by atoms with Crippen LogP contribution in [0.3, 0.4) is 0 Å². The van der Waals surface area contributed by atoms with Crippen LogP contribution in [-0.4, -0.2) is 30.1 Å². The molecule has 0 radical (unpaired) electrons. The van der Waals surface area contributed by atoms with Crippen molar-refractivity contribution < 1.29 is 0 Å². The van der Waals surface area contributed by atoms with E-state index in [0.717, 1.165) is 6.04 Å². The van der Waals surface area contributed by atoms with Gasteiger partial charge in [-0.15, -0.1) is 0 Å². The van der Waals surface area contributed by atoms with Gasteiger partial charge in [-0.3, -0.25) is 4.90 Å². The van der Waals surface area contributed by atoms with E-state index >= 15 is 0 Å². The van der Waals surface area contributed by atoms with Gasteiger partial charge in [0.25, 0.3) is 0 Å². The van der Waals surface area contributed by atoms with Crippen molar-refractivity contribution in [2.24, 2.45) is 11.1 Å². The van der Waals surface area contributed by atoms with Gasteiger partial charge in [0.1, 0.15) is 0 Å². The van der Waals surface area contributed by atoms with Crippen LogP contribution >= 0.6 is 0 Å². The first-order chi connectivity index (χ1) is 6.63. The molecule has 2 fully saturated rings. The Morgan fingerprint density at radius 3 is 2.71 bits per heavy atom.